The molecule has 2 aliphatic rings. The van der Waals surface area contributed by atoms with E-state index in [1.807, 2.05) is 0 Å². The lowest BCUT2D eigenvalue weighted by Gasteiger charge is -2.37. The van der Waals surface area contributed by atoms with E-state index in [0.29, 0.717) is 10.9 Å². The van der Waals surface area contributed by atoms with Crippen LogP contribution in [0.3, 0.4) is 0 Å². The topological polar surface area (TPSA) is 15.8 Å². The van der Waals surface area contributed by atoms with Crippen molar-refractivity contribution in [2.75, 3.05) is 32.0 Å². The molecule has 2 saturated heterocycles. The lowest BCUT2D eigenvalue weighted by Crippen LogP contribution is -2.44. The van der Waals surface area contributed by atoms with Crippen LogP contribution in [-0.4, -0.2) is 47.7 Å². The molecule has 0 aliphatic carbocycles. The molecule has 0 amide bonds. The third kappa shape index (κ3) is 2.38. The summed E-state index contributed by atoms with van der Waals surface area (Å²) < 4.78 is 5.68. The highest BCUT2D eigenvalue weighted by molar-refractivity contribution is 8.00. The van der Waals surface area contributed by atoms with Crippen LogP contribution in [0.1, 0.15) is 13.8 Å². The monoisotopic (exact) mass is 187 g/mol. The van der Waals surface area contributed by atoms with E-state index < -0.39 is 0 Å². The zero-order valence-electron chi connectivity index (χ0n) is 7.88. The lowest BCUT2D eigenvalue weighted by atomic mass is 10.2. The predicted molar refractivity (Wildman–Crippen MR) is 52.7 cm³/mol. The summed E-state index contributed by atoms with van der Waals surface area (Å²) in [7, 11) is 0. The van der Waals surface area contributed by atoms with Crippen LogP contribution in [0.2, 0.25) is 0 Å². The number of hydrogen-bond donors (Lipinski definition) is 0. The Bertz CT molecular complexity index is 168. The standard InChI is InChI=1S/C9H17NOS/c1-9(2)7-10(3-4-12-9)5-8-6-11-8/h8H,3-7H2,1-2H3/t8-/m1/s1. The van der Waals surface area contributed by atoms with Crippen LogP contribution in [-0.2, 0) is 4.74 Å². The molecule has 0 bridgehead atoms. The van der Waals surface area contributed by atoms with Gasteiger partial charge in [0, 0.05) is 30.1 Å². The van der Waals surface area contributed by atoms with Gasteiger partial charge in [-0.15, -0.1) is 0 Å². The molecule has 0 radical (unpaired) electrons. The first-order valence-corrected chi connectivity index (χ1v) is 5.62. The molecule has 2 rings (SSSR count). The van der Waals surface area contributed by atoms with Crippen molar-refractivity contribution in [3.8, 4) is 0 Å². The average Bonchev–Trinajstić information content (AvgIpc) is 2.69. The van der Waals surface area contributed by atoms with Gasteiger partial charge in [0.2, 0.25) is 0 Å². The lowest BCUT2D eigenvalue weighted by molar-refractivity contribution is 0.232. The summed E-state index contributed by atoms with van der Waals surface area (Å²) in [5.41, 5.74) is 0. The Morgan fingerprint density at radius 1 is 1.58 bits per heavy atom. The van der Waals surface area contributed by atoms with E-state index in [1.165, 1.54) is 18.8 Å². The van der Waals surface area contributed by atoms with E-state index in [-0.39, 0.29) is 0 Å². The van der Waals surface area contributed by atoms with Crippen LogP contribution < -0.4 is 0 Å². The Morgan fingerprint density at radius 3 is 2.92 bits per heavy atom. The maximum Gasteiger partial charge on any atom is 0.0936 e. The summed E-state index contributed by atoms with van der Waals surface area (Å²) in [6.45, 7) is 9.27. The maximum atomic E-state index is 5.23. The molecule has 0 aromatic rings. The normalized spacial score (nSPS) is 35.0. The third-order valence-corrected chi connectivity index (χ3v) is 3.67. The summed E-state index contributed by atoms with van der Waals surface area (Å²) in [5.74, 6) is 1.28. The highest BCUT2D eigenvalue weighted by Gasteiger charge is 2.31. The zero-order chi connectivity index (χ0) is 8.60. The fraction of sp³-hybridized carbons (Fsp3) is 1.00. The molecule has 2 aliphatic heterocycles. The van der Waals surface area contributed by atoms with Crippen LogP contribution in [0.15, 0.2) is 0 Å². The van der Waals surface area contributed by atoms with Crippen molar-refractivity contribution in [3.05, 3.63) is 0 Å². The first-order chi connectivity index (χ1) is 5.66. The molecule has 1 atom stereocenters. The maximum absolute atomic E-state index is 5.23. The molecule has 0 unspecified atom stereocenters. The number of nitrogens with zero attached hydrogens (tertiary/aromatic N) is 1. The second-order valence-electron chi connectivity index (χ2n) is 4.30. The van der Waals surface area contributed by atoms with Crippen molar-refractivity contribution in [1.82, 2.24) is 4.90 Å². The Kier molecular flexibility index (Phi) is 2.36. The summed E-state index contributed by atoms with van der Waals surface area (Å²) in [6.07, 6.45) is 0.559. The van der Waals surface area contributed by atoms with E-state index in [4.69, 9.17) is 4.74 Å². The minimum absolute atomic E-state index is 0.452. The van der Waals surface area contributed by atoms with Gasteiger partial charge in [-0.1, -0.05) is 0 Å². The summed E-state index contributed by atoms with van der Waals surface area (Å²) in [5, 5.41) is 0. The Labute approximate surface area is 78.6 Å². The molecule has 2 heterocycles. The molecule has 2 fully saturated rings. The second-order valence-corrected chi connectivity index (χ2v) is 6.10. The van der Waals surface area contributed by atoms with Gasteiger partial charge in [0.25, 0.3) is 0 Å². The average molecular weight is 187 g/mol. The van der Waals surface area contributed by atoms with Gasteiger partial charge in [0.05, 0.1) is 12.7 Å². The second kappa shape index (κ2) is 3.20. The predicted octanol–water partition coefficient (Wildman–Crippen LogP) is 1.21. The molecule has 2 nitrogen and oxygen atoms in total. The first kappa shape index (κ1) is 8.85. The van der Waals surface area contributed by atoms with E-state index in [0.717, 1.165) is 13.2 Å². The van der Waals surface area contributed by atoms with Gasteiger partial charge in [-0.2, -0.15) is 11.8 Å². The first-order valence-electron chi connectivity index (χ1n) is 4.64. The quantitative estimate of drug-likeness (QED) is 0.604. The third-order valence-electron chi connectivity index (χ3n) is 2.37. The number of rotatable bonds is 2. The van der Waals surface area contributed by atoms with Crippen molar-refractivity contribution >= 4 is 11.8 Å². The van der Waals surface area contributed by atoms with Gasteiger partial charge in [-0.05, 0) is 13.8 Å². The molecule has 70 valence electrons. The van der Waals surface area contributed by atoms with Gasteiger partial charge in [-0.25, -0.2) is 0 Å². The summed E-state index contributed by atoms with van der Waals surface area (Å²) in [6, 6.07) is 0. The minimum Gasteiger partial charge on any atom is -0.372 e. The van der Waals surface area contributed by atoms with Gasteiger partial charge in [0.1, 0.15) is 0 Å². The van der Waals surface area contributed by atoms with Crippen LogP contribution in [0.4, 0.5) is 0 Å². The van der Waals surface area contributed by atoms with Crippen LogP contribution in [0.5, 0.6) is 0 Å². The number of hydrogen-bond acceptors (Lipinski definition) is 3. The van der Waals surface area contributed by atoms with Crippen molar-refractivity contribution < 1.29 is 4.74 Å². The highest BCUT2D eigenvalue weighted by Crippen LogP contribution is 2.30. The smallest absolute Gasteiger partial charge is 0.0936 e. The molecule has 0 aromatic carbocycles. The van der Waals surface area contributed by atoms with Crippen LogP contribution in [0, 0.1) is 0 Å². The highest BCUT2D eigenvalue weighted by atomic mass is 32.2. The van der Waals surface area contributed by atoms with E-state index in [9.17, 15) is 0 Å². The number of thioether (sulfide) groups is 1. The molecule has 3 heteroatoms. The molecule has 0 saturated carbocycles. The molecule has 0 spiro atoms. The van der Waals surface area contributed by atoms with Crippen molar-refractivity contribution in [1.29, 1.82) is 0 Å². The minimum atomic E-state index is 0.452. The largest absolute Gasteiger partial charge is 0.372 e. The van der Waals surface area contributed by atoms with Gasteiger partial charge in [-0.3, -0.25) is 4.90 Å². The Morgan fingerprint density at radius 2 is 2.33 bits per heavy atom. The molecule has 0 N–H and O–H groups in total. The van der Waals surface area contributed by atoms with Crippen LogP contribution >= 0.6 is 11.8 Å². The van der Waals surface area contributed by atoms with Crippen molar-refractivity contribution in [2.45, 2.75) is 24.7 Å². The molecule has 12 heavy (non-hydrogen) atoms. The number of ether oxygens (including phenoxy) is 1. The molecular weight excluding hydrogens is 170 g/mol. The van der Waals surface area contributed by atoms with Crippen LogP contribution in [0.25, 0.3) is 0 Å². The summed E-state index contributed by atoms with van der Waals surface area (Å²) >= 11 is 2.09. The van der Waals surface area contributed by atoms with E-state index in [1.54, 1.807) is 0 Å². The van der Waals surface area contributed by atoms with Gasteiger partial charge >= 0.3 is 0 Å². The van der Waals surface area contributed by atoms with E-state index in [2.05, 4.69) is 30.5 Å². The van der Waals surface area contributed by atoms with Gasteiger partial charge < -0.3 is 4.74 Å². The SMILES string of the molecule is CC1(C)CN(C[C@@H]2CO2)CCS1. The van der Waals surface area contributed by atoms with Gasteiger partial charge in [0.15, 0.2) is 0 Å². The number of epoxide rings is 1. The zero-order valence-corrected chi connectivity index (χ0v) is 8.69. The Hall–Kier alpha value is 0.270. The van der Waals surface area contributed by atoms with Crippen molar-refractivity contribution in [2.24, 2.45) is 0 Å². The molecular formula is C9H17NOS. The Balaban J connectivity index is 1.81. The van der Waals surface area contributed by atoms with E-state index >= 15 is 0 Å². The molecule has 0 aromatic heterocycles. The fourth-order valence-electron chi connectivity index (χ4n) is 1.73. The van der Waals surface area contributed by atoms with Crippen molar-refractivity contribution in [3.63, 3.8) is 0 Å². The summed E-state index contributed by atoms with van der Waals surface area (Å²) in [4.78, 5) is 2.54. The fourth-order valence-corrected chi connectivity index (χ4v) is 2.91.